The zero-order chi connectivity index (χ0) is 15.0. The van der Waals surface area contributed by atoms with E-state index in [0.717, 1.165) is 11.5 Å². The summed E-state index contributed by atoms with van der Waals surface area (Å²) in [5.74, 6) is 1.35. The molecular weight excluding hydrogens is 261 g/mol. The van der Waals surface area contributed by atoms with Crippen LogP contribution in [0.2, 0.25) is 0 Å². The summed E-state index contributed by atoms with van der Waals surface area (Å²) >= 11 is 0. The highest BCUT2D eigenvalue weighted by molar-refractivity contribution is 5.30. The molecule has 3 heteroatoms. The molecule has 1 aromatic carbocycles. The van der Waals surface area contributed by atoms with E-state index in [1.165, 1.54) is 37.8 Å². The van der Waals surface area contributed by atoms with Crippen LogP contribution in [0.4, 0.5) is 13.2 Å². The van der Waals surface area contributed by atoms with Crippen LogP contribution in [0.1, 0.15) is 57.6 Å². The Morgan fingerprint density at radius 2 is 1.30 bits per heavy atom. The van der Waals surface area contributed by atoms with Crippen LogP contribution in [-0.2, 0) is 11.6 Å². The van der Waals surface area contributed by atoms with Gasteiger partial charge in [-0.05, 0) is 47.8 Å². The average molecular weight is 284 g/mol. The number of benzene rings is 1. The van der Waals surface area contributed by atoms with E-state index in [4.69, 9.17) is 0 Å². The van der Waals surface area contributed by atoms with E-state index in [9.17, 15) is 13.2 Å². The van der Waals surface area contributed by atoms with E-state index in [2.05, 4.69) is 20.8 Å². The molecule has 0 unspecified atom stereocenters. The van der Waals surface area contributed by atoms with Crippen molar-refractivity contribution in [2.24, 2.45) is 11.8 Å². The topological polar surface area (TPSA) is 0 Å². The zero-order valence-corrected chi connectivity index (χ0v) is 12.4. The van der Waals surface area contributed by atoms with Crippen LogP contribution in [0, 0.1) is 11.8 Å². The van der Waals surface area contributed by atoms with Crippen molar-refractivity contribution in [3.05, 3.63) is 35.4 Å². The van der Waals surface area contributed by atoms with E-state index in [1.807, 2.05) is 0 Å². The first-order chi connectivity index (χ1) is 9.21. The van der Waals surface area contributed by atoms with Gasteiger partial charge in [0.05, 0.1) is 5.56 Å². The van der Waals surface area contributed by atoms with Crippen LogP contribution in [-0.4, -0.2) is 0 Å². The lowest BCUT2D eigenvalue weighted by molar-refractivity contribution is -0.137. The molecule has 0 atom stereocenters. The quantitative estimate of drug-likeness (QED) is 0.643. The summed E-state index contributed by atoms with van der Waals surface area (Å²) in [7, 11) is 0. The lowest BCUT2D eigenvalue weighted by Gasteiger charge is -2.39. The molecule has 2 rings (SSSR count). The molecule has 0 heterocycles. The first kappa shape index (κ1) is 15.4. The molecule has 0 nitrogen and oxygen atoms in total. The molecule has 1 aromatic rings. The van der Waals surface area contributed by atoms with Gasteiger partial charge in [0.2, 0.25) is 0 Å². The van der Waals surface area contributed by atoms with Gasteiger partial charge in [-0.1, -0.05) is 45.7 Å². The molecule has 0 N–H and O–H groups in total. The van der Waals surface area contributed by atoms with Crippen molar-refractivity contribution in [2.75, 3.05) is 0 Å². The van der Waals surface area contributed by atoms with Crippen molar-refractivity contribution in [2.45, 2.75) is 58.0 Å². The summed E-state index contributed by atoms with van der Waals surface area (Å²) < 4.78 is 37.8. The molecule has 0 radical (unpaired) electrons. The Hall–Kier alpha value is -0.990. The number of alkyl halides is 3. The van der Waals surface area contributed by atoms with Crippen LogP contribution in [0.15, 0.2) is 24.3 Å². The van der Waals surface area contributed by atoms with Gasteiger partial charge < -0.3 is 0 Å². The Morgan fingerprint density at radius 3 is 1.75 bits per heavy atom. The minimum Gasteiger partial charge on any atom is -0.166 e. The number of halogens is 3. The van der Waals surface area contributed by atoms with Gasteiger partial charge in [0.1, 0.15) is 0 Å². The van der Waals surface area contributed by atoms with Crippen molar-refractivity contribution in [1.29, 1.82) is 0 Å². The summed E-state index contributed by atoms with van der Waals surface area (Å²) in [6.45, 7) is 6.61. The molecule has 0 bridgehead atoms. The van der Waals surface area contributed by atoms with Crippen LogP contribution in [0.5, 0.6) is 0 Å². The van der Waals surface area contributed by atoms with Crippen LogP contribution in [0.25, 0.3) is 0 Å². The standard InChI is InChI=1S/C17H23F3/c1-12-4-6-13(7-5-12)16(2,3)14-8-10-15(11-9-14)17(18,19)20/h8-13H,4-7H2,1-3H3. The first-order valence-electron chi connectivity index (χ1n) is 7.39. The highest BCUT2D eigenvalue weighted by Crippen LogP contribution is 2.42. The second-order valence-electron chi connectivity index (χ2n) is 6.75. The van der Waals surface area contributed by atoms with Gasteiger partial charge in [-0.15, -0.1) is 0 Å². The van der Waals surface area contributed by atoms with E-state index < -0.39 is 11.7 Å². The van der Waals surface area contributed by atoms with Gasteiger partial charge in [0.25, 0.3) is 0 Å². The number of hydrogen-bond acceptors (Lipinski definition) is 0. The van der Waals surface area contributed by atoms with Gasteiger partial charge in [0, 0.05) is 0 Å². The highest BCUT2D eigenvalue weighted by atomic mass is 19.4. The molecule has 1 fully saturated rings. The van der Waals surface area contributed by atoms with Gasteiger partial charge in [0.15, 0.2) is 0 Å². The number of hydrogen-bond donors (Lipinski definition) is 0. The summed E-state index contributed by atoms with van der Waals surface area (Å²) in [5.41, 5.74) is 0.406. The fourth-order valence-electron chi connectivity index (χ4n) is 3.31. The third kappa shape index (κ3) is 3.18. The predicted octanol–water partition coefficient (Wildman–Crippen LogP) is 5.81. The minimum atomic E-state index is -4.25. The Balaban J connectivity index is 2.17. The molecule has 1 aliphatic rings. The molecule has 112 valence electrons. The molecule has 0 aliphatic heterocycles. The van der Waals surface area contributed by atoms with Crippen molar-refractivity contribution in [3.8, 4) is 0 Å². The van der Waals surface area contributed by atoms with Gasteiger partial charge in [-0.3, -0.25) is 0 Å². The molecule has 20 heavy (non-hydrogen) atoms. The Morgan fingerprint density at radius 1 is 0.850 bits per heavy atom. The lowest BCUT2D eigenvalue weighted by Crippen LogP contribution is -2.31. The fourth-order valence-corrected chi connectivity index (χ4v) is 3.31. The summed E-state index contributed by atoms with van der Waals surface area (Å²) in [6.07, 6.45) is 0.566. The summed E-state index contributed by atoms with van der Waals surface area (Å²) in [5, 5.41) is 0. The van der Waals surface area contributed by atoms with Crippen molar-refractivity contribution in [3.63, 3.8) is 0 Å². The van der Waals surface area contributed by atoms with E-state index in [1.54, 1.807) is 12.1 Å². The summed E-state index contributed by atoms with van der Waals surface area (Å²) in [4.78, 5) is 0. The van der Waals surface area contributed by atoms with E-state index in [-0.39, 0.29) is 5.41 Å². The summed E-state index contributed by atoms with van der Waals surface area (Å²) in [6, 6.07) is 5.73. The van der Waals surface area contributed by atoms with Crippen molar-refractivity contribution < 1.29 is 13.2 Å². The highest BCUT2D eigenvalue weighted by Gasteiger charge is 2.35. The second-order valence-corrected chi connectivity index (χ2v) is 6.75. The SMILES string of the molecule is CC1CCC(C(C)(C)c2ccc(C(F)(F)F)cc2)CC1. The monoisotopic (exact) mass is 284 g/mol. The van der Waals surface area contributed by atoms with Crippen molar-refractivity contribution in [1.82, 2.24) is 0 Å². The Kier molecular flexibility index (Phi) is 4.17. The molecule has 1 aliphatic carbocycles. The largest absolute Gasteiger partial charge is 0.416 e. The molecular formula is C17H23F3. The molecule has 0 spiro atoms. The smallest absolute Gasteiger partial charge is 0.166 e. The van der Waals surface area contributed by atoms with Crippen molar-refractivity contribution >= 4 is 0 Å². The maximum Gasteiger partial charge on any atom is 0.416 e. The molecule has 0 saturated heterocycles. The van der Waals surface area contributed by atoms with Gasteiger partial charge in [-0.25, -0.2) is 0 Å². The Labute approximate surface area is 119 Å². The number of rotatable bonds is 2. The predicted molar refractivity (Wildman–Crippen MR) is 75.6 cm³/mol. The van der Waals surface area contributed by atoms with Crippen LogP contribution >= 0.6 is 0 Å². The average Bonchev–Trinajstić information content (AvgIpc) is 2.38. The van der Waals surface area contributed by atoms with Gasteiger partial charge in [-0.2, -0.15) is 13.2 Å². The minimum absolute atomic E-state index is 0.0513. The maximum atomic E-state index is 12.6. The second kappa shape index (κ2) is 5.42. The zero-order valence-electron chi connectivity index (χ0n) is 12.4. The molecule has 1 saturated carbocycles. The normalized spacial score (nSPS) is 24.7. The Bertz CT molecular complexity index is 434. The lowest BCUT2D eigenvalue weighted by atomic mass is 9.66. The third-order valence-electron chi connectivity index (χ3n) is 4.99. The first-order valence-corrected chi connectivity index (χ1v) is 7.39. The van der Waals surface area contributed by atoms with Crippen LogP contribution < -0.4 is 0 Å². The van der Waals surface area contributed by atoms with Crippen LogP contribution in [0.3, 0.4) is 0 Å². The molecule has 0 aromatic heterocycles. The maximum absolute atomic E-state index is 12.6. The fraction of sp³-hybridized carbons (Fsp3) is 0.647. The van der Waals surface area contributed by atoms with E-state index >= 15 is 0 Å². The van der Waals surface area contributed by atoms with Gasteiger partial charge >= 0.3 is 6.18 Å². The molecule has 0 amide bonds. The van der Waals surface area contributed by atoms with E-state index in [0.29, 0.717) is 5.92 Å². The third-order valence-corrected chi connectivity index (χ3v) is 4.99.